The first kappa shape index (κ1) is 13.1. The van der Waals surface area contributed by atoms with E-state index in [0.717, 1.165) is 0 Å². The van der Waals surface area contributed by atoms with Crippen molar-refractivity contribution in [2.45, 2.75) is 12.3 Å². The molecule has 3 rings (SSSR count). The fraction of sp³-hybridized carbons (Fsp3) is 0.300. The van der Waals surface area contributed by atoms with Crippen LogP contribution in [0.1, 0.15) is 6.23 Å². The van der Waals surface area contributed by atoms with Crippen molar-refractivity contribution in [1.82, 2.24) is 19.5 Å². The molecule has 0 fully saturated rings. The molecule has 1 aliphatic heterocycles. The fourth-order valence-corrected chi connectivity index (χ4v) is 2.09. The van der Waals surface area contributed by atoms with Crippen molar-refractivity contribution in [3.8, 4) is 0 Å². The number of imidazole rings is 1. The highest BCUT2D eigenvalue weighted by Gasteiger charge is 2.28. The average molecular weight is 290 g/mol. The number of nitrogens with one attached hydrogen (secondary N) is 1. The van der Waals surface area contributed by atoms with E-state index in [-0.39, 0.29) is 29.4 Å². The first-order valence-corrected chi connectivity index (χ1v) is 5.89. The van der Waals surface area contributed by atoms with Crippen LogP contribution in [0.4, 0.5) is 5.95 Å². The van der Waals surface area contributed by atoms with Crippen LogP contribution in [-0.4, -0.2) is 37.3 Å². The van der Waals surface area contributed by atoms with E-state index in [9.17, 15) is 9.90 Å². The number of nitrogen functional groups attached to an aromatic ring is 1. The summed E-state index contributed by atoms with van der Waals surface area (Å²) in [5.74, 6) is -0.0507. The molecule has 0 aliphatic carbocycles. The van der Waals surface area contributed by atoms with Gasteiger partial charge in [-0.15, -0.1) is 0 Å². The molecule has 0 unspecified atom stereocenters. The number of rotatable bonds is 3. The van der Waals surface area contributed by atoms with Gasteiger partial charge in [-0.1, -0.05) is 5.11 Å². The maximum Gasteiger partial charge on any atom is 0.280 e. The SMILES string of the molecule is [N-]=[N+]=NC1=C[C@H](n2cnc3c(=O)[nH]c(N)nc32)O[C@@H]1CO. The summed E-state index contributed by atoms with van der Waals surface area (Å²) in [5, 5.41) is 12.7. The molecule has 2 aromatic rings. The summed E-state index contributed by atoms with van der Waals surface area (Å²) in [6, 6.07) is 0. The minimum absolute atomic E-state index is 0.0507. The van der Waals surface area contributed by atoms with Crippen LogP contribution in [0.25, 0.3) is 21.6 Å². The Morgan fingerprint density at radius 1 is 1.67 bits per heavy atom. The van der Waals surface area contributed by atoms with E-state index in [0.29, 0.717) is 0 Å². The molecule has 0 radical (unpaired) electrons. The zero-order valence-electron chi connectivity index (χ0n) is 10.5. The van der Waals surface area contributed by atoms with E-state index < -0.39 is 17.9 Å². The van der Waals surface area contributed by atoms with E-state index >= 15 is 0 Å². The molecule has 3 heterocycles. The highest BCUT2D eigenvalue weighted by Crippen LogP contribution is 2.29. The number of nitrogens with two attached hydrogens (primary N) is 1. The van der Waals surface area contributed by atoms with E-state index in [1.54, 1.807) is 0 Å². The third kappa shape index (κ3) is 2.10. The van der Waals surface area contributed by atoms with Crippen LogP contribution in [-0.2, 0) is 4.74 Å². The van der Waals surface area contributed by atoms with Crippen molar-refractivity contribution in [1.29, 1.82) is 0 Å². The maximum absolute atomic E-state index is 11.7. The lowest BCUT2D eigenvalue weighted by Crippen LogP contribution is -2.18. The second-order valence-corrected chi connectivity index (χ2v) is 4.25. The standard InChI is InChI=1S/C10H10N8O3/c11-10-14-8-7(9(20)15-10)13-3-18(8)6-1-4(16-17-12)5(2-19)21-6/h1,3,5-6,19H,2H2,(H3,11,14,15,20)/t5-,6-/m1/s1. The topological polar surface area (TPSA) is 168 Å². The molecule has 2 aromatic heterocycles. The van der Waals surface area contributed by atoms with Crippen LogP contribution in [0.5, 0.6) is 0 Å². The summed E-state index contributed by atoms with van der Waals surface area (Å²) in [5.41, 5.74) is 14.1. The quantitative estimate of drug-likeness (QED) is 0.401. The predicted octanol–water partition coefficient (Wildman–Crippen LogP) is -0.214. The molecule has 1 aliphatic rings. The Balaban J connectivity index is 2.10. The van der Waals surface area contributed by atoms with Gasteiger partial charge in [0.05, 0.1) is 12.9 Å². The summed E-state index contributed by atoms with van der Waals surface area (Å²) < 4.78 is 6.99. The molecule has 0 saturated heterocycles. The number of aromatic amines is 1. The molecule has 0 bridgehead atoms. The zero-order chi connectivity index (χ0) is 15.0. The molecule has 2 atom stereocenters. The molecule has 0 spiro atoms. The number of azide groups is 1. The number of nitrogens with zero attached hydrogens (tertiary/aromatic N) is 6. The summed E-state index contributed by atoms with van der Waals surface area (Å²) in [6.45, 7) is -0.343. The minimum atomic E-state index is -0.748. The van der Waals surface area contributed by atoms with E-state index in [1.807, 2.05) is 0 Å². The van der Waals surface area contributed by atoms with Gasteiger partial charge in [-0.2, -0.15) is 4.98 Å². The van der Waals surface area contributed by atoms with E-state index in [1.165, 1.54) is 17.0 Å². The minimum Gasteiger partial charge on any atom is -0.393 e. The van der Waals surface area contributed by atoms with Gasteiger partial charge in [-0.3, -0.25) is 14.3 Å². The Bertz CT molecular complexity index is 830. The normalized spacial score (nSPS) is 21.3. The molecule has 0 saturated carbocycles. The van der Waals surface area contributed by atoms with Crippen LogP contribution in [0.2, 0.25) is 0 Å². The number of anilines is 1. The molecule has 11 heteroatoms. The monoisotopic (exact) mass is 290 g/mol. The first-order valence-electron chi connectivity index (χ1n) is 5.89. The largest absolute Gasteiger partial charge is 0.393 e. The van der Waals surface area contributed by atoms with Gasteiger partial charge >= 0.3 is 0 Å². The van der Waals surface area contributed by atoms with Gasteiger partial charge in [0.2, 0.25) is 5.95 Å². The van der Waals surface area contributed by atoms with Crippen molar-refractivity contribution in [3.63, 3.8) is 0 Å². The van der Waals surface area contributed by atoms with Crippen molar-refractivity contribution < 1.29 is 9.84 Å². The third-order valence-corrected chi connectivity index (χ3v) is 3.00. The second-order valence-electron chi connectivity index (χ2n) is 4.25. The van der Waals surface area contributed by atoms with Gasteiger partial charge in [0.1, 0.15) is 6.10 Å². The van der Waals surface area contributed by atoms with Crippen LogP contribution < -0.4 is 11.3 Å². The van der Waals surface area contributed by atoms with Gasteiger partial charge in [0.15, 0.2) is 17.4 Å². The number of aromatic nitrogens is 4. The number of hydrogen-bond donors (Lipinski definition) is 3. The lowest BCUT2D eigenvalue weighted by Gasteiger charge is -2.14. The molecule has 0 amide bonds. The molecule has 21 heavy (non-hydrogen) atoms. The number of fused-ring (bicyclic) bond motifs is 1. The number of hydrogen-bond acceptors (Lipinski definition) is 7. The summed E-state index contributed by atoms with van der Waals surface area (Å²) in [7, 11) is 0. The molecule has 108 valence electrons. The van der Waals surface area contributed by atoms with Crippen molar-refractivity contribution in [2.75, 3.05) is 12.3 Å². The number of ether oxygens (including phenoxy) is 1. The van der Waals surface area contributed by atoms with Crippen LogP contribution >= 0.6 is 0 Å². The van der Waals surface area contributed by atoms with Gasteiger partial charge in [-0.25, -0.2) is 4.98 Å². The van der Waals surface area contributed by atoms with Crippen molar-refractivity contribution >= 4 is 17.1 Å². The lowest BCUT2D eigenvalue weighted by atomic mass is 10.3. The van der Waals surface area contributed by atoms with Crippen molar-refractivity contribution in [2.24, 2.45) is 5.11 Å². The van der Waals surface area contributed by atoms with Crippen LogP contribution in [0, 0.1) is 0 Å². The predicted molar refractivity (Wildman–Crippen MR) is 70.8 cm³/mol. The first-order chi connectivity index (χ1) is 10.1. The fourth-order valence-electron chi connectivity index (χ4n) is 2.09. The Morgan fingerprint density at radius 2 is 2.48 bits per heavy atom. The zero-order valence-corrected chi connectivity index (χ0v) is 10.5. The molecular formula is C10H10N8O3. The lowest BCUT2D eigenvalue weighted by molar-refractivity contribution is -0.0104. The Morgan fingerprint density at radius 3 is 3.19 bits per heavy atom. The van der Waals surface area contributed by atoms with Gasteiger partial charge in [0.25, 0.3) is 5.56 Å². The molecule has 4 N–H and O–H groups in total. The summed E-state index contributed by atoms with van der Waals surface area (Å²) >= 11 is 0. The maximum atomic E-state index is 11.7. The molecule has 11 nitrogen and oxygen atoms in total. The number of aliphatic hydroxyl groups is 1. The van der Waals surface area contributed by atoms with E-state index in [2.05, 4.69) is 25.0 Å². The average Bonchev–Trinajstić information content (AvgIpc) is 3.02. The highest BCUT2D eigenvalue weighted by molar-refractivity contribution is 5.70. The highest BCUT2D eigenvalue weighted by atomic mass is 16.5. The number of aliphatic hydroxyl groups excluding tert-OH is 1. The van der Waals surface area contributed by atoms with Gasteiger partial charge in [0, 0.05) is 10.6 Å². The van der Waals surface area contributed by atoms with E-state index in [4.69, 9.17) is 16.0 Å². The molecule has 0 aromatic carbocycles. The molecular weight excluding hydrogens is 280 g/mol. The van der Waals surface area contributed by atoms with Crippen molar-refractivity contribution in [3.05, 3.63) is 38.9 Å². The number of H-pyrrole nitrogens is 1. The second kappa shape index (κ2) is 4.90. The summed E-state index contributed by atoms with van der Waals surface area (Å²) in [4.78, 5) is 24.7. The summed E-state index contributed by atoms with van der Waals surface area (Å²) in [6.07, 6.45) is 1.42. The van der Waals surface area contributed by atoms with Crippen LogP contribution in [0.15, 0.2) is 28.0 Å². The Kier molecular flexibility index (Phi) is 3.06. The van der Waals surface area contributed by atoms with Gasteiger partial charge < -0.3 is 15.6 Å². The van der Waals surface area contributed by atoms with Crippen LogP contribution in [0.3, 0.4) is 0 Å². The Labute approximate surface area is 116 Å². The van der Waals surface area contributed by atoms with Gasteiger partial charge in [-0.05, 0) is 11.6 Å². The third-order valence-electron chi connectivity index (χ3n) is 3.00. The smallest absolute Gasteiger partial charge is 0.280 e. The Hall–Kier alpha value is -2.88.